The van der Waals surface area contributed by atoms with Crippen molar-refractivity contribution < 1.29 is 13.6 Å². The van der Waals surface area contributed by atoms with Gasteiger partial charge in [0.1, 0.15) is 17.4 Å². The molecule has 4 aromatic rings. The highest BCUT2D eigenvalue weighted by atomic mass is 19.1. The molecule has 1 unspecified atom stereocenters. The Kier molecular flexibility index (Phi) is 5.69. The number of carbonyl (C=O) groups excluding carboxylic acids is 1. The van der Waals surface area contributed by atoms with Crippen LogP contribution in [-0.4, -0.2) is 28.9 Å². The zero-order valence-corrected chi connectivity index (χ0v) is 17.6. The van der Waals surface area contributed by atoms with Crippen LogP contribution >= 0.6 is 0 Å². The number of hydrogen-bond donors (Lipinski definition) is 1. The Hall–Kier alpha value is -3.51. The van der Waals surface area contributed by atoms with E-state index >= 15 is 0 Å². The lowest BCUT2D eigenvalue weighted by atomic mass is 9.93. The van der Waals surface area contributed by atoms with Crippen LogP contribution in [0.15, 0.2) is 83.3 Å². The maximum Gasteiger partial charge on any atom is 0.246 e. The minimum Gasteiger partial charge on any atom is -0.440 e. The van der Waals surface area contributed by atoms with Crippen molar-refractivity contribution in [2.45, 2.75) is 24.8 Å². The third-order valence-electron chi connectivity index (χ3n) is 6.03. The lowest BCUT2D eigenvalue weighted by Crippen LogP contribution is -2.41. The van der Waals surface area contributed by atoms with E-state index in [0.29, 0.717) is 5.69 Å². The maximum atomic E-state index is 13.3. The number of nitrogens with one attached hydrogen (secondary N) is 1. The summed E-state index contributed by atoms with van der Waals surface area (Å²) in [7, 11) is 0. The summed E-state index contributed by atoms with van der Waals surface area (Å²) in [5.74, 6) is 0.556. The van der Waals surface area contributed by atoms with E-state index in [2.05, 4.69) is 15.2 Å². The third kappa shape index (κ3) is 4.27. The van der Waals surface area contributed by atoms with Gasteiger partial charge in [0.25, 0.3) is 0 Å². The van der Waals surface area contributed by atoms with Gasteiger partial charge in [0.05, 0.1) is 0 Å². The van der Waals surface area contributed by atoms with Crippen molar-refractivity contribution in [2.24, 2.45) is 0 Å². The second kappa shape index (κ2) is 8.93. The van der Waals surface area contributed by atoms with Crippen LogP contribution in [0.3, 0.4) is 0 Å². The van der Waals surface area contributed by atoms with Crippen molar-refractivity contribution in [2.75, 3.05) is 18.4 Å². The summed E-state index contributed by atoms with van der Waals surface area (Å²) in [6, 6.07) is 23.0. The largest absolute Gasteiger partial charge is 0.440 e. The number of amides is 1. The summed E-state index contributed by atoms with van der Waals surface area (Å²) in [6.45, 7) is 1.50. The van der Waals surface area contributed by atoms with E-state index in [1.165, 1.54) is 12.1 Å². The summed E-state index contributed by atoms with van der Waals surface area (Å²) >= 11 is 0. The molecule has 0 bridgehead atoms. The van der Waals surface area contributed by atoms with E-state index < -0.39 is 6.04 Å². The van der Waals surface area contributed by atoms with Crippen LogP contribution in [0.4, 0.5) is 10.1 Å². The normalized spacial score (nSPS) is 16.2. The number of fused-ring (bicyclic) bond motifs is 1. The summed E-state index contributed by atoms with van der Waals surface area (Å²) in [5.41, 5.74) is 3.21. The minimum atomic E-state index is -0.425. The number of carbonyl (C=O) groups is 1. The zero-order valence-electron chi connectivity index (χ0n) is 17.6. The van der Waals surface area contributed by atoms with Crippen LogP contribution in [0.25, 0.3) is 11.1 Å². The number of oxazole rings is 1. The lowest BCUT2D eigenvalue weighted by molar-refractivity contribution is -0.122. The highest BCUT2D eigenvalue weighted by Crippen LogP contribution is 2.34. The average Bonchev–Trinajstić information content (AvgIpc) is 3.26. The monoisotopic (exact) mass is 429 g/mol. The van der Waals surface area contributed by atoms with Crippen molar-refractivity contribution in [3.05, 3.63) is 96.1 Å². The van der Waals surface area contributed by atoms with Gasteiger partial charge in [0.15, 0.2) is 11.5 Å². The van der Waals surface area contributed by atoms with Gasteiger partial charge in [0.2, 0.25) is 5.91 Å². The maximum absolute atomic E-state index is 13.3. The molecular formula is C26H24FN3O2. The number of anilines is 1. The Labute approximate surface area is 185 Å². The molecule has 1 fully saturated rings. The number of likely N-dealkylation sites (tertiary alicyclic amines) is 1. The smallest absolute Gasteiger partial charge is 0.246 e. The number of para-hydroxylation sites is 2. The Morgan fingerprint density at radius 2 is 1.66 bits per heavy atom. The van der Waals surface area contributed by atoms with E-state index in [1.807, 2.05) is 54.6 Å². The second-order valence-corrected chi connectivity index (χ2v) is 8.14. The van der Waals surface area contributed by atoms with Crippen molar-refractivity contribution >= 4 is 22.7 Å². The average molecular weight is 429 g/mol. The van der Waals surface area contributed by atoms with Gasteiger partial charge in [-0.05, 0) is 67.9 Å². The SMILES string of the molecule is O=C(Nc1ccc(F)cc1)C(c1ccccc1)N1CCC(c2nc3ccccc3o2)CC1. The first-order chi connectivity index (χ1) is 15.7. The van der Waals surface area contributed by atoms with E-state index in [0.717, 1.165) is 48.5 Å². The molecule has 1 N–H and O–H groups in total. The van der Waals surface area contributed by atoms with Crippen molar-refractivity contribution in [1.29, 1.82) is 0 Å². The molecule has 6 heteroatoms. The van der Waals surface area contributed by atoms with Gasteiger partial charge >= 0.3 is 0 Å². The molecule has 162 valence electrons. The van der Waals surface area contributed by atoms with Crippen LogP contribution in [-0.2, 0) is 4.79 Å². The number of benzene rings is 3. The minimum absolute atomic E-state index is 0.122. The Morgan fingerprint density at radius 1 is 0.969 bits per heavy atom. The Morgan fingerprint density at radius 3 is 2.38 bits per heavy atom. The third-order valence-corrected chi connectivity index (χ3v) is 6.03. The molecule has 1 aliphatic rings. The van der Waals surface area contributed by atoms with Crippen LogP contribution in [0.2, 0.25) is 0 Å². The number of nitrogens with zero attached hydrogens (tertiary/aromatic N) is 2. The second-order valence-electron chi connectivity index (χ2n) is 8.14. The number of piperidine rings is 1. The molecule has 2 heterocycles. The van der Waals surface area contributed by atoms with Crippen LogP contribution in [0.1, 0.15) is 36.3 Å². The van der Waals surface area contributed by atoms with Gasteiger partial charge in [-0.2, -0.15) is 0 Å². The fourth-order valence-corrected chi connectivity index (χ4v) is 4.38. The van der Waals surface area contributed by atoms with Gasteiger partial charge in [-0.25, -0.2) is 9.37 Å². The fourth-order valence-electron chi connectivity index (χ4n) is 4.38. The van der Waals surface area contributed by atoms with E-state index in [9.17, 15) is 9.18 Å². The summed E-state index contributed by atoms with van der Waals surface area (Å²) in [6.07, 6.45) is 1.72. The fraction of sp³-hybridized carbons (Fsp3) is 0.231. The topological polar surface area (TPSA) is 58.4 Å². The van der Waals surface area contributed by atoms with Gasteiger partial charge in [0, 0.05) is 11.6 Å². The summed E-state index contributed by atoms with van der Waals surface area (Å²) < 4.78 is 19.2. The van der Waals surface area contributed by atoms with E-state index in [1.54, 1.807) is 12.1 Å². The lowest BCUT2D eigenvalue weighted by Gasteiger charge is -2.36. The number of halogens is 1. The number of aromatic nitrogens is 1. The quantitative estimate of drug-likeness (QED) is 0.453. The molecule has 0 aliphatic carbocycles. The highest BCUT2D eigenvalue weighted by Gasteiger charge is 2.33. The molecule has 32 heavy (non-hydrogen) atoms. The van der Waals surface area contributed by atoms with Crippen molar-refractivity contribution in [1.82, 2.24) is 9.88 Å². The van der Waals surface area contributed by atoms with Gasteiger partial charge < -0.3 is 9.73 Å². The number of hydrogen-bond acceptors (Lipinski definition) is 4. The van der Waals surface area contributed by atoms with Gasteiger partial charge in [-0.3, -0.25) is 9.69 Å². The molecule has 0 saturated carbocycles. The van der Waals surface area contributed by atoms with Crippen molar-refractivity contribution in [3.8, 4) is 0 Å². The van der Waals surface area contributed by atoms with Gasteiger partial charge in [-0.15, -0.1) is 0 Å². The Bertz CT molecular complexity index is 1170. The predicted octanol–water partition coefficient (Wildman–Crippen LogP) is 5.53. The first-order valence-electron chi connectivity index (χ1n) is 10.9. The first kappa shape index (κ1) is 20.4. The molecule has 5 rings (SSSR count). The summed E-state index contributed by atoms with van der Waals surface area (Å²) in [4.78, 5) is 20.2. The molecular weight excluding hydrogens is 405 g/mol. The molecule has 0 spiro atoms. The summed E-state index contributed by atoms with van der Waals surface area (Å²) in [5, 5.41) is 2.95. The van der Waals surface area contributed by atoms with E-state index in [4.69, 9.17) is 4.42 Å². The molecule has 1 atom stereocenters. The van der Waals surface area contributed by atoms with E-state index in [-0.39, 0.29) is 17.6 Å². The van der Waals surface area contributed by atoms with Crippen molar-refractivity contribution in [3.63, 3.8) is 0 Å². The standard InChI is InChI=1S/C26H24FN3O2/c27-20-10-12-21(13-11-20)28-25(31)24(18-6-2-1-3-7-18)30-16-14-19(15-17-30)26-29-22-8-4-5-9-23(22)32-26/h1-13,19,24H,14-17H2,(H,28,31). The molecule has 1 aromatic heterocycles. The molecule has 0 radical (unpaired) electrons. The zero-order chi connectivity index (χ0) is 21.9. The van der Waals surface area contributed by atoms with Crippen LogP contribution < -0.4 is 5.32 Å². The molecule has 1 amide bonds. The predicted molar refractivity (Wildman–Crippen MR) is 122 cm³/mol. The number of rotatable bonds is 5. The molecule has 3 aromatic carbocycles. The molecule has 5 nitrogen and oxygen atoms in total. The Balaban J connectivity index is 1.33. The van der Waals surface area contributed by atoms with Crippen LogP contribution in [0.5, 0.6) is 0 Å². The highest BCUT2D eigenvalue weighted by molar-refractivity contribution is 5.95. The first-order valence-corrected chi connectivity index (χ1v) is 10.9. The van der Waals surface area contributed by atoms with Crippen LogP contribution in [0, 0.1) is 5.82 Å². The molecule has 1 saturated heterocycles. The molecule has 1 aliphatic heterocycles. The van der Waals surface area contributed by atoms with Gasteiger partial charge in [-0.1, -0.05) is 42.5 Å².